The minimum absolute atomic E-state index is 0.0281. The molecule has 1 saturated heterocycles. The van der Waals surface area contributed by atoms with Gasteiger partial charge in [0.2, 0.25) is 5.91 Å². The quantitative estimate of drug-likeness (QED) is 0.703. The van der Waals surface area contributed by atoms with E-state index in [0.29, 0.717) is 26.1 Å². The van der Waals surface area contributed by atoms with E-state index in [1.165, 1.54) is 0 Å². The zero-order valence-electron chi connectivity index (χ0n) is 19.1. The molecule has 6 nitrogen and oxygen atoms in total. The summed E-state index contributed by atoms with van der Waals surface area (Å²) in [5.41, 5.74) is 0.279. The first-order chi connectivity index (χ1) is 14.0. The number of likely N-dealkylation sites (tertiary alicyclic amines) is 1. The zero-order valence-corrected chi connectivity index (χ0v) is 19.1. The van der Waals surface area contributed by atoms with Gasteiger partial charge < -0.3 is 20.1 Å². The lowest BCUT2D eigenvalue weighted by molar-refractivity contribution is -0.122. The average Bonchev–Trinajstić information content (AvgIpc) is 2.68. The van der Waals surface area contributed by atoms with Gasteiger partial charge in [-0.15, -0.1) is 0 Å². The fourth-order valence-electron chi connectivity index (χ4n) is 3.84. The van der Waals surface area contributed by atoms with Gasteiger partial charge in [0.05, 0.1) is 0 Å². The van der Waals surface area contributed by atoms with Crippen LogP contribution in [-0.4, -0.2) is 53.8 Å². The number of rotatable bonds is 7. The van der Waals surface area contributed by atoms with Crippen LogP contribution in [0.15, 0.2) is 30.3 Å². The van der Waals surface area contributed by atoms with Crippen LogP contribution in [0.1, 0.15) is 65.4 Å². The van der Waals surface area contributed by atoms with Crippen molar-refractivity contribution in [1.29, 1.82) is 0 Å². The number of aliphatic hydroxyl groups excluding tert-OH is 1. The van der Waals surface area contributed by atoms with Gasteiger partial charge in [-0.2, -0.15) is 0 Å². The standard InChI is InChI=1S/C24H38N2O4/c1-23(2,3)30-22(29)26-13-11-18(12-14-26)15-21(28)25-16-20(24(4,5)17-27)19-9-7-6-8-10-19/h6-10,18,20,27H,11-17H2,1-5H3,(H,25,28)/t20-/m1/s1. The molecule has 2 rings (SSSR count). The Morgan fingerprint density at radius 1 is 1.13 bits per heavy atom. The first-order valence-electron chi connectivity index (χ1n) is 10.9. The lowest BCUT2D eigenvalue weighted by Crippen LogP contribution is -2.43. The van der Waals surface area contributed by atoms with Crippen LogP contribution in [0.5, 0.6) is 0 Å². The SMILES string of the molecule is CC(C)(C)OC(=O)N1CCC(CC(=O)NC[C@H](c2ccccc2)C(C)(C)CO)CC1. The van der Waals surface area contributed by atoms with Crippen LogP contribution in [0.3, 0.4) is 0 Å². The number of benzene rings is 1. The Bertz CT molecular complexity index is 689. The fraction of sp³-hybridized carbons (Fsp3) is 0.667. The summed E-state index contributed by atoms with van der Waals surface area (Å²) in [4.78, 5) is 26.5. The first-order valence-corrected chi connectivity index (χ1v) is 10.9. The molecule has 0 unspecified atom stereocenters. The van der Waals surface area contributed by atoms with Gasteiger partial charge in [0.25, 0.3) is 0 Å². The van der Waals surface area contributed by atoms with E-state index in [1.807, 2.05) is 65.0 Å². The molecule has 1 atom stereocenters. The molecule has 0 aromatic heterocycles. The summed E-state index contributed by atoms with van der Waals surface area (Å²) in [6, 6.07) is 10.0. The third kappa shape index (κ3) is 7.31. The highest BCUT2D eigenvalue weighted by atomic mass is 16.6. The summed E-state index contributed by atoms with van der Waals surface area (Å²) in [6.45, 7) is 11.4. The summed E-state index contributed by atoms with van der Waals surface area (Å²) < 4.78 is 5.43. The molecule has 0 aliphatic carbocycles. The van der Waals surface area contributed by atoms with Crippen molar-refractivity contribution in [3.8, 4) is 0 Å². The van der Waals surface area contributed by atoms with Gasteiger partial charge in [-0.1, -0.05) is 44.2 Å². The largest absolute Gasteiger partial charge is 0.444 e. The summed E-state index contributed by atoms with van der Waals surface area (Å²) in [5, 5.41) is 12.9. The second-order valence-corrected chi connectivity index (χ2v) is 10.0. The molecular formula is C24H38N2O4. The van der Waals surface area contributed by atoms with Gasteiger partial charge in [0.15, 0.2) is 0 Å². The molecule has 1 aliphatic rings. The van der Waals surface area contributed by atoms with Gasteiger partial charge in [0.1, 0.15) is 5.60 Å². The molecule has 1 aromatic carbocycles. The molecule has 1 aliphatic heterocycles. The number of piperidine rings is 1. The van der Waals surface area contributed by atoms with Crippen LogP contribution in [0.2, 0.25) is 0 Å². The number of hydrogen-bond acceptors (Lipinski definition) is 4. The van der Waals surface area contributed by atoms with E-state index in [9.17, 15) is 14.7 Å². The molecular weight excluding hydrogens is 380 g/mol. The van der Waals surface area contributed by atoms with Gasteiger partial charge in [-0.3, -0.25) is 4.79 Å². The lowest BCUT2D eigenvalue weighted by atomic mass is 9.75. The maximum absolute atomic E-state index is 12.6. The first kappa shape index (κ1) is 24.2. The normalized spacial score (nSPS) is 16.8. The minimum Gasteiger partial charge on any atom is -0.444 e. The van der Waals surface area contributed by atoms with E-state index >= 15 is 0 Å². The molecule has 0 saturated carbocycles. The predicted molar refractivity (Wildman–Crippen MR) is 118 cm³/mol. The van der Waals surface area contributed by atoms with Crippen molar-refractivity contribution in [1.82, 2.24) is 10.2 Å². The Morgan fingerprint density at radius 2 is 1.73 bits per heavy atom. The Hall–Kier alpha value is -2.08. The molecule has 1 heterocycles. The highest BCUT2D eigenvalue weighted by Gasteiger charge is 2.31. The third-order valence-electron chi connectivity index (χ3n) is 5.80. The van der Waals surface area contributed by atoms with E-state index in [0.717, 1.165) is 18.4 Å². The number of nitrogens with zero attached hydrogens (tertiary/aromatic N) is 1. The van der Waals surface area contributed by atoms with E-state index in [1.54, 1.807) is 4.90 Å². The Morgan fingerprint density at radius 3 is 2.27 bits per heavy atom. The topological polar surface area (TPSA) is 78.9 Å². The molecule has 168 valence electrons. The highest BCUT2D eigenvalue weighted by molar-refractivity contribution is 5.76. The Balaban J connectivity index is 1.83. The van der Waals surface area contributed by atoms with Crippen LogP contribution in [0, 0.1) is 11.3 Å². The van der Waals surface area contributed by atoms with Crippen LogP contribution < -0.4 is 5.32 Å². The Labute approximate surface area is 181 Å². The monoisotopic (exact) mass is 418 g/mol. The minimum atomic E-state index is -0.495. The number of amides is 2. The van der Waals surface area contributed by atoms with Gasteiger partial charge in [0, 0.05) is 38.6 Å². The second kappa shape index (κ2) is 10.3. The van der Waals surface area contributed by atoms with Crippen LogP contribution in [-0.2, 0) is 9.53 Å². The number of hydrogen-bond donors (Lipinski definition) is 2. The van der Waals surface area contributed by atoms with E-state index in [4.69, 9.17) is 4.74 Å². The number of carbonyl (C=O) groups is 2. The van der Waals surface area contributed by atoms with Gasteiger partial charge in [-0.25, -0.2) is 4.79 Å². The van der Waals surface area contributed by atoms with Crippen LogP contribution in [0.4, 0.5) is 4.79 Å². The smallest absolute Gasteiger partial charge is 0.410 e. The molecule has 0 spiro atoms. The number of carbonyl (C=O) groups excluding carboxylic acids is 2. The number of ether oxygens (including phenoxy) is 1. The molecule has 0 radical (unpaired) electrons. The molecule has 2 amide bonds. The van der Waals surface area contributed by atoms with Crippen LogP contribution in [0.25, 0.3) is 0 Å². The molecule has 0 bridgehead atoms. The van der Waals surface area contributed by atoms with Crippen molar-refractivity contribution in [2.75, 3.05) is 26.2 Å². The summed E-state index contributed by atoms with van der Waals surface area (Å²) in [7, 11) is 0. The fourth-order valence-corrected chi connectivity index (χ4v) is 3.84. The maximum atomic E-state index is 12.6. The second-order valence-electron chi connectivity index (χ2n) is 10.0. The van der Waals surface area contributed by atoms with Gasteiger partial charge >= 0.3 is 6.09 Å². The van der Waals surface area contributed by atoms with Crippen molar-refractivity contribution in [2.24, 2.45) is 11.3 Å². The van der Waals surface area contributed by atoms with Crippen LogP contribution >= 0.6 is 0 Å². The summed E-state index contributed by atoms with van der Waals surface area (Å²) in [6.07, 6.45) is 1.79. The third-order valence-corrected chi connectivity index (χ3v) is 5.80. The molecule has 6 heteroatoms. The lowest BCUT2D eigenvalue weighted by Gasteiger charge is -2.34. The molecule has 2 N–H and O–H groups in total. The maximum Gasteiger partial charge on any atom is 0.410 e. The van der Waals surface area contributed by atoms with E-state index in [-0.39, 0.29) is 35.9 Å². The number of aliphatic hydroxyl groups is 1. The van der Waals surface area contributed by atoms with Gasteiger partial charge in [-0.05, 0) is 50.5 Å². The zero-order chi connectivity index (χ0) is 22.4. The van der Waals surface area contributed by atoms with E-state index < -0.39 is 5.60 Å². The molecule has 30 heavy (non-hydrogen) atoms. The Kier molecular flexibility index (Phi) is 8.30. The highest BCUT2D eigenvalue weighted by Crippen LogP contribution is 2.34. The van der Waals surface area contributed by atoms with Crippen molar-refractivity contribution >= 4 is 12.0 Å². The molecule has 1 fully saturated rings. The summed E-state index contributed by atoms with van der Waals surface area (Å²) >= 11 is 0. The molecule has 1 aromatic rings. The average molecular weight is 419 g/mol. The van der Waals surface area contributed by atoms with Crippen molar-refractivity contribution in [3.05, 3.63) is 35.9 Å². The predicted octanol–water partition coefficient (Wildman–Crippen LogP) is 3.94. The summed E-state index contributed by atoms with van der Waals surface area (Å²) in [5.74, 6) is 0.326. The number of nitrogens with one attached hydrogen (secondary N) is 1. The van der Waals surface area contributed by atoms with E-state index in [2.05, 4.69) is 5.32 Å². The van der Waals surface area contributed by atoms with Crippen molar-refractivity contribution in [2.45, 2.75) is 65.4 Å². The van der Waals surface area contributed by atoms with Crippen molar-refractivity contribution in [3.63, 3.8) is 0 Å². The van der Waals surface area contributed by atoms with Crippen molar-refractivity contribution < 1.29 is 19.4 Å².